The predicted molar refractivity (Wildman–Crippen MR) is 96.9 cm³/mol. The molecule has 0 amide bonds. The Labute approximate surface area is 151 Å². The van der Waals surface area contributed by atoms with Crippen LogP contribution < -0.4 is 14.2 Å². The third kappa shape index (κ3) is 4.96. The molecular weight excluding hydrogens is 394 g/mol. The fraction of sp³-hybridized carbons (Fsp3) is 0.294. The van der Waals surface area contributed by atoms with Crippen molar-refractivity contribution >= 4 is 26.0 Å². The lowest BCUT2D eigenvalue weighted by atomic mass is 10.2. The normalized spacial score (nSPS) is 11.5. The first kappa shape index (κ1) is 18.8. The monoisotopic (exact) mass is 413 g/mol. The maximum absolute atomic E-state index is 12.3. The molecule has 7 heteroatoms. The van der Waals surface area contributed by atoms with E-state index in [-0.39, 0.29) is 17.5 Å². The van der Waals surface area contributed by atoms with Gasteiger partial charge in [0.15, 0.2) is 11.5 Å². The van der Waals surface area contributed by atoms with Gasteiger partial charge in [-0.3, -0.25) is 0 Å². The molecule has 0 saturated carbocycles. The van der Waals surface area contributed by atoms with Gasteiger partial charge in [0.2, 0.25) is 10.0 Å². The molecule has 24 heavy (non-hydrogen) atoms. The highest BCUT2D eigenvalue weighted by molar-refractivity contribution is 9.10. The number of benzene rings is 2. The standard InChI is InChI=1S/C17H20BrNO4S/c1-12(2)23-16-9-4-13(10-17(16)22-3)11-19-24(20,21)15-7-5-14(18)6-8-15/h4-10,12,19H,11H2,1-3H3. The quantitative estimate of drug-likeness (QED) is 0.750. The van der Waals surface area contributed by atoms with Crippen LogP contribution in [0.5, 0.6) is 11.5 Å². The molecule has 0 saturated heterocycles. The zero-order valence-electron chi connectivity index (χ0n) is 13.7. The van der Waals surface area contributed by atoms with Crippen LogP contribution in [0, 0.1) is 0 Å². The third-order valence-electron chi connectivity index (χ3n) is 3.18. The van der Waals surface area contributed by atoms with Crippen LogP contribution in [0.15, 0.2) is 51.8 Å². The molecule has 0 spiro atoms. The molecular formula is C17H20BrNO4S. The summed E-state index contributed by atoms with van der Waals surface area (Å²) in [6, 6.07) is 11.8. The summed E-state index contributed by atoms with van der Waals surface area (Å²) in [5, 5.41) is 0. The highest BCUT2D eigenvalue weighted by Crippen LogP contribution is 2.29. The summed E-state index contributed by atoms with van der Waals surface area (Å²) in [7, 11) is -2.01. The maximum atomic E-state index is 12.3. The molecule has 0 aliphatic heterocycles. The largest absolute Gasteiger partial charge is 0.493 e. The Hall–Kier alpha value is -1.57. The summed E-state index contributed by atoms with van der Waals surface area (Å²) < 4.78 is 39.0. The Bertz CT molecular complexity index is 789. The van der Waals surface area contributed by atoms with Crippen LogP contribution in [0.4, 0.5) is 0 Å². The van der Waals surface area contributed by atoms with E-state index in [1.807, 2.05) is 19.9 Å². The number of hydrogen-bond acceptors (Lipinski definition) is 4. The van der Waals surface area contributed by atoms with Gasteiger partial charge in [0.25, 0.3) is 0 Å². The number of sulfonamides is 1. The van der Waals surface area contributed by atoms with Crippen molar-refractivity contribution in [1.29, 1.82) is 0 Å². The van der Waals surface area contributed by atoms with Crippen molar-refractivity contribution in [1.82, 2.24) is 4.72 Å². The van der Waals surface area contributed by atoms with Gasteiger partial charge in [-0.05, 0) is 55.8 Å². The molecule has 0 fully saturated rings. The first-order valence-corrected chi connectivity index (χ1v) is 9.68. The number of hydrogen-bond donors (Lipinski definition) is 1. The third-order valence-corrected chi connectivity index (χ3v) is 5.13. The molecule has 2 rings (SSSR count). The average Bonchev–Trinajstić information content (AvgIpc) is 2.54. The van der Waals surface area contributed by atoms with Crippen LogP contribution in [0.25, 0.3) is 0 Å². The number of methoxy groups -OCH3 is 1. The lowest BCUT2D eigenvalue weighted by Crippen LogP contribution is -2.23. The lowest BCUT2D eigenvalue weighted by Gasteiger charge is -2.15. The smallest absolute Gasteiger partial charge is 0.240 e. The van der Waals surface area contributed by atoms with Crippen molar-refractivity contribution in [3.63, 3.8) is 0 Å². The number of halogens is 1. The number of rotatable bonds is 7. The van der Waals surface area contributed by atoms with Crippen molar-refractivity contribution in [2.45, 2.75) is 31.4 Å². The second-order valence-electron chi connectivity index (χ2n) is 5.43. The first-order chi connectivity index (χ1) is 11.3. The van der Waals surface area contributed by atoms with Gasteiger partial charge in [0, 0.05) is 11.0 Å². The van der Waals surface area contributed by atoms with Crippen molar-refractivity contribution in [2.75, 3.05) is 7.11 Å². The Balaban J connectivity index is 2.12. The lowest BCUT2D eigenvalue weighted by molar-refractivity contribution is 0.230. The van der Waals surface area contributed by atoms with Gasteiger partial charge >= 0.3 is 0 Å². The Kier molecular flexibility index (Phi) is 6.26. The van der Waals surface area contributed by atoms with E-state index in [1.165, 1.54) is 0 Å². The fourth-order valence-electron chi connectivity index (χ4n) is 2.05. The van der Waals surface area contributed by atoms with Crippen LogP contribution in [0.1, 0.15) is 19.4 Å². The second kappa shape index (κ2) is 8.00. The molecule has 0 unspecified atom stereocenters. The van der Waals surface area contributed by atoms with E-state index in [0.29, 0.717) is 11.5 Å². The second-order valence-corrected chi connectivity index (χ2v) is 8.11. The highest BCUT2D eigenvalue weighted by atomic mass is 79.9. The minimum absolute atomic E-state index is 0.0284. The molecule has 2 aromatic carbocycles. The van der Waals surface area contributed by atoms with Gasteiger partial charge in [-0.2, -0.15) is 0 Å². The van der Waals surface area contributed by atoms with Crippen LogP contribution in [-0.2, 0) is 16.6 Å². The fourth-order valence-corrected chi connectivity index (χ4v) is 3.33. The molecule has 0 aliphatic carbocycles. The van der Waals surface area contributed by atoms with E-state index in [1.54, 1.807) is 43.5 Å². The predicted octanol–water partition coefficient (Wildman–Crippen LogP) is 3.72. The SMILES string of the molecule is COc1cc(CNS(=O)(=O)c2ccc(Br)cc2)ccc1OC(C)C. The summed E-state index contributed by atoms with van der Waals surface area (Å²) in [6.07, 6.45) is 0.0284. The summed E-state index contributed by atoms with van der Waals surface area (Å²) >= 11 is 3.29. The molecule has 0 heterocycles. The molecule has 2 aromatic rings. The van der Waals surface area contributed by atoms with Gasteiger partial charge in [-0.25, -0.2) is 13.1 Å². The maximum Gasteiger partial charge on any atom is 0.240 e. The summed E-state index contributed by atoms with van der Waals surface area (Å²) in [6.45, 7) is 4.02. The summed E-state index contributed by atoms with van der Waals surface area (Å²) in [4.78, 5) is 0.220. The zero-order valence-corrected chi connectivity index (χ0v) is 16.1. The molecule has 1 N–H and O–H groups in total. The van der Waals surface area contributed by atoms with Crippen molar-refractivity contribution in [3.8, 4) is 11.5 Å². The Morgan fingerprint density at radius 3 is 2.33 bits per heavy atom. The van der Waals surface area contributed by atoms with Crippen molar-refractivity contribution in [2.24, 2.45) is 0 Å². The Morgan fingerprint density at radius 1 is 1.08 bits per heavy atom. The topological polar surface area (TPSA) is 64.6 Å². The van der Waals surface area contributed by atoms with Crippen LogP contribution in [-0.4, -0.2) is 21.6 Å². The molecule has 5 nitrogen and oxygen atoms in total. The van der Waals surface area contributed by atoms with Gasteiger partial charge in [0.1, 0.15) is 0 Å². The van der Waals surface area contributed by atoms with Gasteiger partial charge in [-0.15, -0.1) is 0 Å². The van der Waals surface area contributed by atoms with Crippen LogP contribution in [0.2, 0.25) is 0 Å². The van der Waals surface area contributed by atoms with Crippen LogP contribution in [0.3, 0.4) is 0 Å². The molecule has 0 atom stereocenters. The number of ether oxygens (including phenoxy) is 2. The van der Waals surface area contributed by atoms with Gasteiger partial charge in [-0.1, -0.05) is 22.0 Å². The van der Waals surface area contributed by atoms with E-state index in [2.05, 4.69) is 20.7 Å². The Morgan fingerprint density at radius 2 is 1.75 bits per heavy atom. The molecule has 0 aliphatic rings. The van der Waals surface area contributed by atoms with E-state index in [4.69, 9.17) is 9.47 Å². The number of nitrogens with one attached hydrogen (secondary N) is 1. The highest BCUT2D eigenvalue weighted by Gasteiger charge is 2.14. The molecule has 0 radical (unpaired) electrons. The van der Waals surface area contributed by atoms with Crippen molar-refractivity contribution in [3.05, 3.63) is 52.5 Å². The van der Waals surface area contributed by atoms with Gasteiger partial charge in [0.05, 0.1) is 18.1 Å². The first-order valence-electron chi connectivity index (χ1n) is 7.40. The average molecular weight is 414 g/mol. The molecule has 0 bridgehead atoms. The minimum atomic E-state index is -3.57. The minimum Gasteiger partial charge on any atom is -0.493 e. The summed E-state index contributed by atoms with van der Waals surface area (Å²) in [5.74, 6) is 1.20. The van der Waals surface area contributed by atoms with Crippen LogP contribution >= 0.6 is 15.9 Å². The summed E-state index contributed by atoms with van der Waals surface area (Å²) in [5.41, 5.74) is 0.781. The van der Waals surface area contributed by atoms with E-state index in [0.717, 1.165) is 10.0 Å². The van der Waals surface area contributed by atoms with E-state index < -0.39 is 10.0 Å². The van der Waals surface area contributed by atoms with E-state index in [9.17, 15) is 8.42 Å². The molecule has 130 valence electrons. The van der Waals surface area contributed by atoms with E-state index >= 15 is 0 Å². The molecule has 0 aromatic heterocycles. The zero-order chi connectivity index (χ0) is 17.7. The van der Waals surface area contributed by atoms with Crippen molar-refractivity contribution < 1.29 is 17.9 Å². The van der Waals surface area contributed by atoms with Gasteiger partial charge < -0.3 is 9.47 Å².